The number of rotatable bonds is 7. The van der Waals surface area contributed by atoms with Crippen molar-refractivity contribution in [2.75, 3.05) is 18.1 Å². The van der Waals surface area contributed by atoms with Gasteiger partial charge < -0.3 is 4.74 Å². The zero-order valence-corrected chi connectivity index (χ0v) is 19.7. The Kier molecular flexibility index (Phi) is 6.79. The van der Waals surface area contributed by atoms with E-state index in [1.54, 1.807) is 11.8 Å². The number of fused-ring (bicyclic) bond motifs is 1. The van der Waals surface area contributed by atoms with Gasteiger partial charge in [-0.3, -0.25) is 14.7 Å². The van der Waals surface area contributed by atoms with Crippen molar-refractivity contribution in [3.8, 4) is 0 Å². The summed E-state index contributed by atoms with van der Waals surface area (Å²) in [6.45, 7) is 6.15. The molecule has 1 amide bonds. The van der Waals surface area contributed by atoms with Gasteiger partial charge in [-0.2, -0.15) is 0 Å². The molecule has 168 valence electrons. The van der Waals surface area contributed by atoms with Crippen LogP contribution >= 0.6 is 11.3 Å². The lowest BCUT2D eigenvalue weighted by molar-refractivity contribution is 0.0519. The van der Waals surface area contributed by atoms with Crippen molar-refractivity contribution in [3.63, 3.8) is 0 Å². The van der Waals surface area contributed by atoms with Gasteiger partial charge in [-0.05, 0) is 44.9 Å². The van der Waals surface area contributed by atoms with Crippen LogP contribution < -0.4 is 4.90 Å². The summed E-state index contributed by atoms with van der Waals surface area (Å²) in [5.74, 6) is -0.644. The average Bonchev–Trinajstić information content (AvgIpc) is 3.20. The number of nitrogens with zero attached hydrogens (tertiary/aromatic N) is 3. The van der Waals surface area contributed by atoms with Gasteiger partial charge in [0.05, 0.1) is 17.7 Å². The van der Waals surface area contributed by atoms with E-state index >= 15 is 0 Å². The van der Waals surface area contributed by atoms with E-state index < -0.39 is 5.97 Å². The molecule has 0 radical (unpaired) electrons. The summed E-state index contributed by atoms with van der Waals surface area (Å²) in [6.07, 6.45) is 0.655. The third-order valence-corrected chi connectivity index (χ3v) is 6.27. The molecule has 0 unspecified atom stereocenters. The maximum atomic E-state index is 13.9. The lowest BCUT2D eigenvalue weighted by Gasteiger charge is -2.21. The van der Waals surface area contributed by atoms with Gasteiger partial charge >= 0.3 is 5.97 Å². The highest BCUT2D eigenvalue weighted by Gasteiger charge is 2.26. The van der Waals surface area contributed by atoms with Gasteiger partial charge in [0.15, 0.2) is 10.8 Å². The Hall–Kier alpha value is -3.58. The minimum absolute atomic E-state index is 0.170. The monoisotopic (exact) mass is 459 g/mol. The lowest BCUT2D eigenvalue weighted by Crippen LogP contribution is -2.33. The number of thiazole rings is 1. The van der Waals surface area contributed by atoms with E-state index in [1.807, 2.05) is 74.5 Å². The van der Waals surface area contributed by atoms with E-state index in [-0.39, 0.29) is 18.2 Å². The van der Waals surface area contributed by atoms with Crippen LogP contribution in [0.1, 0.15) is 43.9 Å². The molecule has 0 atom stereocenters. The number of aryl methyl sites for hydroxylation is 2. The van der Waals surface area contributed by atoms with Crippen LogP contribution in [-0.2, 0) is 11.2 Å². The van der Waals surface area contributed by atoms with Crippen molar-refractivity contribution in [3.05, 3.63) is 88.1 Å². The Morgan fingerprint density at radius 1 is 1.00 bits per heavy atom. The van der Waals surface area contributed by atoms with E-state index in [4.69, 9.17) is 4.74 Å². The molecule has 0 saturated heterocycles. The molecule has 0 saturated carbocycles. The molecule has 2 aromatic carbocycles. The minimum Gasteiger partial charge on any atom is -0.461 e. The normalized spacial score (nSPS) is 10.9. The van der Waals surface area contributed by atoms with Crippen LogP contribution in [0.4, 0.5) is 5.13 Å². The first kappa shape index (κ1) is 22.6. The second-order valence-corrected chi connectivity index (χ2v) is 8.82. The number of para-hydroxylation sites is 1. The third kappa shape index (κ3) is 4.93. The smallest absolute Gasteiger partial charge is 0.358 e. The van der Waals surface area contributed by atoms with Gasteiger partial charge in [0, 0.05) is 22.5 Å². The number of carbonyl (C=O) groups excluding carboxylic acids is 2. The highest BCUT2D eigenvalue weighted by atomic mass is 32.1. The highest BCUT2D eigenvalue weighted by Crippen LogP contribution is 2.29. The van der Waals surface area contributed by atoms with Crippen LogP contribution in [0.25, 0.3) is 10.9 Å². The number of amides is 1. The van der Waals surface area contributed by atoms with Crippen molar-refractivity contribution in [2.24, 2.45) is 0 Å². The Labute approximate surface area is 196 Å². The van der Waals surface area contributed by atoms with Gasteiger partial charge in [0.25, 0.3) is 5.91 Å². The largest absolute Gasteiger partial charge is 0.461 e. The zero-order valence-electron chi connectivity index (χ0n) is 18.9. The summed E-state index contributed by atoms with van der Waals surface area (Å²) in [6, 6.07) is 19.4. The van der Waals surface area contributed by atoms with Gasteiger partial charge in [0.1, 0.15) is 0 Å². The molecule has 2 aromatic heterocycles. The van der Waals surface area contributed by atoms with Crippen molar-refractivity contribution in [1.82, 2.24) is 9.97 Å². The Morgan fingerprint density at radius 3 is 2.48 bits per heavy atom. The van der Waals surface area contributed by atoms with Crippen LogP contribution in [0, 0.1) is 13.8 Å². The molecule has 33 heavy (non-hydrogen) atoms. The lowest BCUT2D eigenvalue weighted by atomic mass is 10.1. The molecule has 7 heteroatoms. The standard InChI is InChI=1S/C26H25N3O3S/c1-4-32-25(31)23-18(3)33-26(28-23)29(15-14-19-10-6-5-7-11-19)24(30)21-16-17(2)27-22-13-9-8-12-20(21)22/h5-13,16H,4,14-15H2,1-3H3. The molecular formula is C26H25N3O3S. The number of carbonyl (C=O) groups is 2. The predicted octanol–water partition coefficient (Wildman–Crippen LogP) is 5.37. The topological polar surface area (TPSA) is 72.4 Å². The predicted molar refractivity (Wildman–Crippen MR) is 131 cm³/mol. The molecule has 0 fully saturated rings. The summed E-state index contributed by atoms with van der Waals surface area (Å²) in [5.41, 5.74) is 3.47. The molecule has 4 aromatic rings. The van der Waals surface area contributed by atoms with E-state index in [0.717, 1.165) is 27.0 Å². The first-order chi connectivity index (χ1) is 16.0. The highest BCUT2D eigenvalue weighted by molar-refractivity contribution is 7.16. The summed E-state index contributed by atoms with van der Waals surface area (Å²) >= 11 is 1.32. The molecule has 0 aliphatic rings. The van der Waals surface area contributed by atoms with Gasteiger partial charge in [-0.1, -0.05) is 48.5 Å². The number of ether oxygens (including phenoxy) is 1. The summed E-state index contributed by atoms with van der Waals surface area (Å²) in [7, 11) is 0. The third-order valence-electron chi connectivity index (χ3n) is 5.27. The summed E-state index contributed by atoms with van der Waals surface area (Å²) in [5, 5.41) is 1.27. The van der Waals surface area contributed by atoms with Crippen LogP contribution in [0.2, 0.25) is 0 Å². The Bertz CT molecular complexity index is 1300. The molecule has 0 aliphatic carbocycles. The Balaban J connectivity index is 1.76. The minimum atomic E-state index is -0.474. The maximum Gasteiger partial charge on any atom is 0.358 e. The molecular weight excluding hydrogens is 434 g/mol. The van der Waals surface area contributed by atoms with E-state index in [9.17, 15) is 9.59 Å². The summed E-state index contributed by atoms with van der Waals surface area (Å²) < 4.78 is 5.14. The molecule has 0 N–H and O–H groups in total. The number of esters is 1. The van der Waals surface area contributed by atoms with E-state index in [1.165, 1.54) is 11.3 Å². The van der Waals surface area contributed by atoms with Gasteiger partial charge in [0.2, 0.25) is 0 Å². The molecule has 6 nitrogen and oxygen atoms in total. The number of hydrogen-bond donors (Lipinski definition) is 0. The van der Waals surface area contributed by atoms with Gasteiger partial charge in [-0.25, -0.2) is 9.78 Å². The van der Waals surface area contributed by atoms with Crippen molar-refractivity contribution >= 4 is 39.2 Å². The number of benzene rings is 2. The second-order valence-electron chi connectivity index (χ2n) is 7.64. The first-order valence-corrected chi connectivity index (χ1v) is 11.7. The van der Waals surface area contributed by atoms with Gasteiger partial charge in [-0.15, -0.1) is 11.3 Å². The van der Waals surface area contributed by atoms with Crippen molar-refractivity contribution in [1.29, 1.82) is 0 Å². The quantitative estimate of drug-likeness (QED) is 0.347. The summed E-state index contributed by atoms with van der Waals surface area (Å²) in [4.78, 5) is 37.7. The average molecular weight is 460 g/mol. The second kappa shape index (κ2) is 9.92. The fourth-order valence-corrected chi connectivity index (χ4v) is 4.61. The first-order valence-electron chi connectivity index (χ1n) is 10.8. The number of aromatic nitrogens is 2. The fraction of sp³-hybridized carbons (Fsp3) is 0.231. The molecule has 4 rings (SSSR count). The van der Waals surface area contributed by atoms with E-state index in [0.29, 0.717) is 23.7 Å². The Morgan fingerprint density at radius 2 is 1.73 bits per heavy atom. The molecule has 0 bridgehead atoms. The van der Waals surface area contributed by atoms with Crippen molar-refractivity contribution in [2.45, 2.75) is 27.2 Å². The molecule has 0 spiro atoms. The SMILES string of the molecule is CCOC(=O)c1nc(N(CCc2ccccc2)C(=O)c2cc(C)nc3ccccc23)sc1C. The zero-order chi connectivity index (χ0) is 23.4. The number of anilines is 1. The van der Waals surface area contributed by atoms with Crippen LogP contribution in [-0.4, -0.2) is 35.0 Å². The fourth-order valence-electron chi connectivity index (χ4n) is 3.69. The number of pyridine rings is 1. The van der Waals surface area contributed by atoms with Crippen molar-refractivity contribution < 1.29 is 14.3 Å². The molecule has 0 aliphatic heterocycles. The number of hydrogen-bond acceptors (Lipinski definition) is 6. The van der Waals surface area contributed by atoms with Crippen LogP contribution in [0.3, 0.4) is 0 Å². The maximum absolute atomic E-state index is 13.9. The van der Waals surface area contributed by atoms with Crippen LogP contribution in [0.5, 0.6) is 0 Å². The molecule has 2 heterocycles. The van der Waals surface area contributed by atoms with E-state index in [2.05, 4.69) is 9.97 Å². The van der Waals surface area contributed by atoms with Crippen LogP contribution in [0.15, 0.2) is 60.7 Å².